The predicted octanol–water partition coefficient (Wildman–Crippen LogP) is 2.76. The van der Waals surface area contributed by atoms with Crippen LogP contribution >= 0.6 is 11.8 Å². The molecule has 0 aliphatic carbocycles. The van der Waals surface area contributed by atoms with Crippen molar-refractivity contribution < 1.29 is 4.48 Å². The fraction of sp³-hybridized carbons (Fsp3) is 1.00. The van der Waals surface area contributed by atoms with Gasteiger partial charge in [-0.15, -0.1) is 0 Å². The summed E-state index contributed by atoms with van der Waals surface area (Å²) in [6.07, 6.45) is 4.13. The quantitative estimate of drug-likeness (QED) is 0.618. The first kappa shape index (κ1) is 11.4. The van der Waals surface area contributed by atoms with Crippen molar-refractivity contribution in [1.82, 2.24) is 0 Å². The van der Waals surface area contributed by atoms with Crippen molar-refractivity contribution in [1.29, 1.82) is 0 Å². The lowest BCUT2D eigenvalue weighted by molar-refractivity contribution is -0.925. The minimum Gasteiger partial charge on any atom is -0.322 e. The summed E-state index contributed by atoms with van der Waals surface area (Å²) >= 11 is 2.14. The maximum atomic E-state index is 2.33. The van der Waals surface area contributed by atoms with Gasteiger partial charge in [0, 0.05) is 11.5 Å². The minimum atomic E-state index is 1.36. The molecule has 0 saturated carbocycles. The van der Waals surface area contributed by atoms with E-state index < -0.39 is 0 Å². The van der Waals surface area contributed by atoms with Crippen molar-refractivity contribution in [2.45, 2.75) is 33.1 Å². The summed E-state index contributed by atoms with van der Waals surface area (Å²) in [5.41, 5.74) is 0. The van der Waals surface area contributed by atoms with E-state index in [1.807, 2.05) is 0 Å². The number of hydrogen-bond donors (Lipinski definition) is 0. The van der Waals surface area contributed by atoms with Crippen LogP contribution < -0.4 is 0 Å². The Hall–Kier alpha value is 0.310. The van der Waals surface area contributed by atoms with Crippen LogP contribution in [0.5, 0.6) is 0 Å². The predicted molar refractivity (Wildman–Crippen MR) is 62.3 cm³/mol. The molecule has 0 bridgehead atoms. The second-order valence-corrected chi connectivity index (χ2v) is 5.43. The third kappa shape index (κ3) is 3.51. The topological polar surface area (TPSA) is 0 Å². The van der Waals surface area contributed by atoms with Crippen molar-refractivity contribution in [3.63, 3.8) is 0 Å². The van der Waals surface area contributed by atoms with E-state index in [-0.39, 0.29) is 0 Å². The zero-order valence-electron chi connectivity index (χ0n) is 9.22. The molecule has 1 aliphatic heterocycles. The molecule has 0 aromatic rings. The van der Waals surface area contributed by atoms with Crippen LogP contribution in [0.4, 0.5) is 0 Å². The fourth-order valence-corrected chi connectivity index (χ4v) is 3.49. The van der Waals surface area contributed by atoms with Gasteiger partial charge in [0.05, 0.1) is 26.2 Å². The molecule has 1 fully saturated rings. The molecule has 0 aromatic carbocycles. The number of thioether (sulfide) groups is 1. The van der Waals surface area contributed by atoms with Crippen LogP contribution in [0.2, 0.25) is 0 Å². The summed E-state index contributed by atoms with van der Waals surface area (Å²) < 4.78 is 1.43. The van der Waals surface area contributed by atoms with Gasteiger partial charge in [-0.25, -0.2) is 0 Å². The highest BCUT2D eigenvalue weighted by Crippen LogP contribution is 2.19. The highest BCUT2D eigenvalue weighted by atomic mass is 32.2. The molecule has 0 N–H and O–H groups in total. The van der Waals surface area contributed by atoms with Crippen LogP contribution in [-0.2, 0) is 0 Å². The van der Waals surface area contributed by atoms with Gasteiger partial charge >= 0.3 is 0 Å². The fourth-order valence-electron chi connectivity index (χ4n) is 2.26. The van der Waals surface area contributed by atoms with Crippen LogP contribution in [0.15, 0.2) is 0 Å². The summed E-state index contributed by atoms with van der Waals surface area (Å²) in [4.78, 5) is 0. The SMILES string of the molecule is CCCC[N+]1(CCC)CCSCC1. The summed E-state index contributed by atoms with van der Waals surface area (Å²) in [7, 11) is 0. The third-order valence-corrected chi connectivity index (χ3v) is 4.05. The second kappa shape index (κ2) is 5.92. The first-order valence-electron chi connectivity index (χ1n) is 5.76. The Balaban J connectivity index is 2.40. The van der Waals surface area contributed by atoms with Gasteiger partial charge in [0.1, 0.15) is 0 Å². The van der Waals surface area contributed by atoms with Crippen molar-refractivity contribution in [2.75, 3.05) is 37.7 Å². The second-order valence-electron chi connectivity index (χ2n) is 4.20. The van der Waals surface area contributed by atoms with Crippen molar-refractivity contribution in [2.24, 2.45) is 0 Å². The highest BCUT2D eigenvalue weighted by Gasteiger charge is 2.28. The van der Waals surface area contributed by atoms with Gasteiger partial charge < -0.3 is 4.48 Å². The van der Waals surface area contributed by atoms with Gasteiger partial charge in [0.25, 0.3) is 0 Å². The van der Waals surface area contributed by atoms with Crippen LogP contribution in [0.1, 0.15) is 33.1 Å². The molecule has 78 valence electrons. The average Bonchev–Trinajstić information content (AvgIpc) is 2.17. The molecule has 0 amide bonds. The molecule has 0 atom stereocenters. The Morgan fingerprint density at radius 1 is 1.00 bits per heavy atom. The zero-order chi connectivity index (χ0) is 9.57. The van der Waals surface area contributed by atoms with Gasteiger partial charge in [-0.3, -0.25) is 0 Å². The monoisotopic (exact) mass is 202 g/mol. The molecule has 1 aliphatic rings. The molecule has 1 rings (SSSR count). The van der Waals surface area contributed by atoms with Gasteiger partial charge in [-0.05, 0) is 12.8 Å². The molecule has 1 saturated heterocycles. The summed E-state index contributed by atoms with van der Waals surface area (Å²) in [5, 5.41) is 0. The number of rotatable bonds is 5. The van der Waals surface area contributed by atoms with Crippen LogP contribution in [0.25, 0.3) is 0 Å². The van der Waals surface area contributed by atoms with Crippen molar-refractivity contribution in [3.8, 4) is 0 Å². The molecule has 0 spiro atoms. The maximum Gasteiger partial charge on any atom is 0.0878 e. The standard InChI is InChI=1S/C11H24NS/c1-3-5-7-12(6-4-2)8-10-13-11-9-12/h3-11H2,1-2H3/q+1. The third-order valence-electron chi connectivity index (χ3n) is 3.10. The van der Waals surface area contributed by atoms with E-state index in [2.05, 4.69) is 25.6 Å². The summed E-state index contributed by atoms with van der Waals surface area (Å²) in [6.45, 7) is 10.3. The molecular formula is C11H24NS+. The van der Waals surface area contributed by atoms with E-state index in [0.717, 1.165) is 0 Å². The molecular weight excluding hydrogens is 178 g/mol. The average molecular weight is 202 g/mol. The van der Waals surface area contributed by atoms with Gasteiger partial charge in [-0.1, -0.05) is 20.3 Å². The first-order valence-corrected chi connectivity index (χ1v) is 6.91. The largest absolute Gasteiger partial charge is 0.322 e. The summed E-state index contributed by atoms with van der Waals surface area (Å²) in [5.74, 6) is 2.79. The lowest BCUT2D eigenvalue weighted by Crippen LogP contribution is -2.54. The Morgan fingerprint density at radius 2 is 1.69 bits per heavy atom. The summed E-state index contributed by atoms with van der Waals surface area (Å²) in [6, 6.07) is 0. The Labute approximate surface area is 87.5 Å². The van der Waals surface area contributed by atoms with E-state index >= 15 is 0 Å². The number of nitrogens with zero attached hydrogens (tertiary/aromatic N) is 1. The number of hydrogen-bond acceptors (Lipinski definition) is 1. The van der Waals surface area contributed by atoms with E-state index in [0.29, 0.717) is 0 Å². The Bertz CT molecular complexity index is 125. The van der Waals surface area contributed by atoms with Crippen LogP contribution in [0.3, 0.4) is 0 Å². The van der Waals surface area contributed by atoms with E-state index in [1.165, 1.54) is 61.4 Å². The van der Waals surface area contributed by atoms with E-state index in [1.54, 1.807) is 0 Å². The van der Waals surface area contributed by atoms with Gasteiger partial charge in [-0.2, -0.15) is 11.8 Å². The van der Waals surface area contributed by atoms with Crippen LogP contribution in [0, 0.1) is 0 Å². The van der Waals surface area contributed by atoms with Gasteiger partial charge in [0.15, 0.2) is 0 Å². The lowest BCUT2D eigenvalue weighted by atomic mass is 10.2. The normalized spacial score (nSPS) is 21.7. The highest BCUT2D eigenvalue weighted by molar-refractivity contribution is 7.99. The maximum absolute atomic E-state index is 2.33. The lowest BCUT2D eigenvalue weighted by Gasteiger charge is -2.41. The molecule has 2 heteroatoms. The van der Waals surface area contributed by atoms with Crippen molar-refractivity contribution in [3.05, 3.63) is 0 Å². The Kier molecular flexibility index (Phi) is 5.18. The number of unbranched alkanes of at least 4 members (excludes halogenated alkanes) is 1. The smallest absolute Gasteiger partial charge is 0.0878 e. The van der Waals surface area contributed by atoms with E-state index in [9.17, 15) is 0 Å². The van der Waals surface area contributed by atoms with Crippen LogP contribution in [-0.4, -0.2) is 42.2 Å². The molecule has 0 unspecified atom stereocenters. The zero-order valence-corrected chi connectivity index (χ0v) is 10.0. The number of quaternary nitrogens is 1. The van der Waals surface area contributed by atoms with Crippen molar-refractivity contribution >= 4 is 11.8 Å². The Morgan fingerprint density at radius 3 is 2.23 bits per heavy atom. The minimum absolute atomic E-state index is 1.36. The molecule has 1 nitrogen and oxygen atoms in total. The van der Waals surface area contributed by atoms with E-state index in [4.69, 9.17) is 0 Å². The molecule has 0 aromatic heterocycles. The molecule has 13 heavy (non-hydrogen) atoms. The van der Waals surface area contributed by atoms with Gasteiger partial charge in [0.2, 0.25) is 0 Å². The molecule has 0 radical (unpaired) electrons. The first-order chi connectivity index (χ1) is 6.33. The molecule has 1 heterocycles.